The summed E-state index contributed by atoms with van der Waals surface area (Å²) in [4.78, 5) is 0. The molecule has 0 saturated heterocycles. The fourth-order valence-electron chi connectivity index (χ4n) is 1.44. The van der Waals surface area contributed by atoms with Crippen LogP contribution in [0.3, 0.4) is 0 Å². The SMILES string of the molecule is Cc1cccc(-n2ncc(CN)c2F)c1. The minimum Gasteiger partial charge on any atom is -0.326 e. The molecule has 0 atom stereocenters. The van der Waals surface area contributed by atoms with Crippen LogP contribution in [0.1, 0.15) is 11.1 Å². The van der Waals surface area contributed by atoms with Gasteiger partial charge in [-0.3, -0.25) is 0 Å². The van der Waals surface area contributed by atoms with E-state index in [4.69, 9.17) is 5.73 Å². The highest BCUT2D eigenvalue weighted by Crippen LogP contribution is 2.14. The van der Waals surface area contributed by atoms with Crippen LogP contribution in [0.5, 0.6) is 0 Å². The molecule has 0 saturated carbocycles. The lowest BCUT2D eigenvalue weighted by molar-refractivity contribution is 0.526. The maximum atomic E-state index is 13.7. The van der Waals surface area contributed by atoms with Crippen molar-refractivity contribution in [2.45, 2.75) is 13.5 Å². The van der Waals surface area contributed by atoms with Crippen molar-refractivity contribution in [2.24, 2.45) is 5.73 Å². The van der Waals surface area contributed by atoms with E-state index in [0.29, 0.717) is 11.3 Å². The van der Waals surface area contributed by atoms with Gasteiger partial charge in [-0.1, -0.05) is 12.1 Å². The smallest absolute Gasteiger partial charge is 0.220 e. The van der Waals surface area contributed by atoms with Gasteiger partial charge in [0.25, 0.3) is 0 Å². The van der Waals surface area contributed by atoms with Crippen LogP contribution in [0, 0.1) is 12.9 Å². The maximum Gasteiger partial charge on any atom is 0.220 e. The van der Waals surface area contributed by atoms with Gasteiger partial charge in [-0.15, -0.1) is 0 Å². The Hall–Kier alpha value is -1.68. The Morgan fingerprint density at radius 1 is 1.47 bits per heavy atom. The number of nitrogens with zero attached hydrogens (tertiary/aromatic N) is 2. The molecule has 0 aliphatic rings. The lowest BCUT2D eigenvalue weighted by Crippen LogP contribution is -2.03. The monoisotopic (exact) mass is 205 g/mol. The average molecular weight is 205 g/mol. The summed E-state index contributed by atoms with van der Waals surface area (Å²) in [6.07, 6.45) is 1.46. The summed E-state index contributed by atoms with van der Waals surface area (Å²) in [5, 5.41) is 3.96. The third kappa shape index (κ3) is 1.76. The molecule has 15 heavy (non-hydrogen) atoms. The van der Waals surface area contributed by atoms with Crippen molar-refractivity contribution in [3.8, 4) is 5.69 Å². The number of hydrogen-bond acceptors (Lipinski definition) is 2. The first-order valence-electron chi connectivity index (χ1n) is 4.72. The highest BCUT2D eigenvalue weighted by Gasteiger charge is 2.09. The summed E-state index contributed by atoms with van der Waals surface area (Å²) in [6, 6.07) is 7.50. The van der Waals surface area contributed by atoms with Gasteiger partial charge in [-0.05, 0) is 24.6 Å². The Kier molecular flexibility index (Phi) is 2.51. The Bertz CT molecular complexity index is 476. The molecule has 0 amide bonds. The fourth-order valence-corrected chi connectivity index (χ4v) is 1.44. The van der Waals surface area contributed by atoms with E-state index >= 15 is 0 Å². The van der Waals surface area contributed by atoms with Crippen LogP contribution >= 0.6 is 0 Å². The van der Waals surface area contributed by atoms with Crippen LogP contribution in [0.2, 0.25) is 0 Å². The first-order chi connectivity index (χ1) is 7.22. The van der Waals surface area contributed by atoms with Gasteiger partial charge < -0.3 is 5.73 Å². The van der Waals surface area contributed by atoms with Crippen molar-refractivity contribution in [1.82, 2.24) is 9.78 Å². The van der Waals surface area contributed by atoms with E-state index in [2.05, 4.69) is 5.10 Å². The Morgan fingerprint density at radius 2 is 2.27 bits per heavy atom. The second-order valence-corrected chi connectivity index (χ2v) is 3.42. The molecule has 0 aliphatic carbocycles. The van der Waals surface area contributed by atoms with E-state index in [9.17, 15) is 4.39 Å². The van der Waals surface area contributed by atoms with Crippen molar-refractivity contribution in [2.75, 3.05) is 0 Å². The minimum atomic E-state index is -0.386. The number of aryl methyl sites for hydroxylation is 1. The van der Waals surface area contributed by atoms with Gasteiger partial charge in [0, 0.05) is 12.1 Å². The molecule has 0 fully saturated rings. The van der Waals surface area contributed by atoms with Gasteiger partial charge in [0.05, 0.1) is 11.9 Å². The standard InChI is InChI=1S/C11H12FN3/c1-8-3-2-4-10(5-8)15-11(12)9(6-13)7-14-15/h2-5,7H,6,13H2,1H3. The molecule has 78 valence electrons. The summed E-state index contributed by atoms with van der Waals surface area (Å²) in [5.41, 5.74) is 7.59. The zero-order valence-corrected chi connectivity index (χ0v) is 8.44. The Morgan fingerprint density at radius 3 is 2.87 bits per heavy atom. The van der Waals surface area contributed by atoms with E-state index in [1.807, 2.05) is 31.2 Å². The molecule has 2 aromatic rings. The van der Waals surface area contributed by atoms with Crippen LogP contribution < -0.4 is 5.73 Å². The molecule has 1 heterocycles. The number of hydrogen-bond donors (Lipinski definition) is 1. The third-order valence-corrected chi connectivity index (χ3v) is 2.25. The van der Waals surface area contributed by atoms with Crippen molar-refractivity contribution in [3.63, 3.8) is 0 Å². The Balaban J connectivity index is 2.49. The lowest BCUT2D eigenvalue weighted by Gasteiger charge is -2.03. The van der Waals surface area contributed by atoms with Crippen LogP contribution in [-0.2, 0) is 6.54 Å². The van der Waals surface area contributed by atoms with Gasteiger partial charge in [0.15, 0.2) is 0 Å². The highest BCUT2D eigenvalue weighted by molar-refractivity contribution is 5.35. The summed E-state index contributed by atoms with van der Waals surface area (Å²) in [7, 11) is 0. The second kappa shape index (κ2) is 3.82. The zero-order valence-electron chi connectivity index (χ0n) is 8.44. The predicted octanol–water partition coefficient (Wildman–Crippen LogP) is 1.78. The van der Waals surface area contributed by atoms with Gasteiger partial charge in [0.1, 0.15) is 0 Å². The number of aromatic nitrogens is 2. The van der Waals surface area contributed by atoms with Crippen LogP contribution in [0.4, 0.5) is 4.39 Å². The molecule has 1 aromatic heterocycles. The molecule has 1 aromatic carbocycles. The molecule has 0 radical (unpaired) electrons. The molecule has 4 heteroatoms. The largest absolute Gasteiger partial charge is 0.326 e. The van der Waals surface area contributed by atoms with E-state index in [1.54, 1.807) is 0 Å². The molecule has 3 nitrogen and oxygen atoms in total. The fraction of sp³-hybridized carbons (Fsp3) is 0.182. The second-order valence-electron chi connectivity index (χ2n) is 3.42. The highest BCUT2D eigenvalue weighted by atomic mass is 19.1. The topological polar surface area (TPSA) is 43.8 Å². The summed E-state index contributed by atoms with van der Waals surface area (Å²) in [6.45, 7) is 2.12. The van der Waals surface area contributed by atoms with E-state index < -0.39 is 0 Å². The average Bonchev–Trinajstić information content (AvgIpc) is 2.59. The van der Waals surface area contributed by atoms with Crippen LogP contribution in [-0.4, -0.2) is 9.78 Å². The van der Waals surface area contributed by atoms with E-state index in [-0.39, 0.29) is 12.5 Å². The van der Waals surface area contributed by atoms with Gasteiger partial charge in [-0.2, -0.15) is 9.49 Å². The van der Waals surface area contributed by atoms with Crippen molar-refractivity contribution in [1.29, 1.82) is 0 Å². The van der Waals surface area contributed by atoms with Gasteiger partial charge in [0.2, 0.25) is 5.95 Å². The third-order valence-electron chi connectivity index (χ3n) is 2.25. The summed E-state index contributed by atoms with van der Waals surface area (Å²) in [5.74, 6) is -0.386. The van der Waals surface area contributed by atoms with E-state index in [1.165, 1.54) is 10.9 Å². The lowest BCUT2D eigenvalue weighted by atomic mass is 10.2. The van der Waals surface area contributed by atoms with Crippen molar-refractivity contribution < 1.29 is 4.39 Å². The first kappa shape index (κ1) is 9.86. The maximum absolute atomic E-state index is 13.7. The Labute approximate surface area is 87.3 Å². The summed E-state index contributed by atoms with van der Waals surface area (Å²) < 4.78 is 14.9. The van der Waals surface area contributed by atoms with Crippen LogP contribution in [0.25, 0.3) is 5.69 Å². The number of nitrogens with two attached hydrogens (primary N) is 1. The number of rotatable bonds is 2. The molecule has 0 unspecified atom stereocenters. The normalized spacial score (nSPS) is 10.6. The zero-order chi connectivity index (χ0) is 10.8. The molecule has 2 N–H and O–H groups in total. The van der Waals surface area contributed by atoms with E-state index in [0.717, 1.165) is 5.56 Å². The van der Waals surface area contributed by atoms with Gasteiger partial charge >= 0.3 is 0 Å². The minimum absolute atomic E-state index is 0.164. The quantitative estimate of drug-likeness (QED) is 0.812. The molecule has 0 aliphatic heterocycles. The summed E-state index contributed by atoms with van der Waals surface area (Å²) >= 11 is 0. The first-order valence-corrected chi connectivity index (χ1v) is 4.72. The van der Waals surface area contributed by atoms with Gasteiger partial charge in [-0.25, -0.2) is 4.68 Å². The van der Waals surface area contributed by atoms with Crippen LogP contribution in [0.15, 0.2) is 30.5 Å². The molecular formula is C11H12FN3. The molecule has 0 bridgehead atoms. The van der Waals surface area contributed by atoms with Crippen molar-refractivity contribution >= 4 is 0 Å². The van der Waals surface area contributed by atoms with Crippen molar-refractivity contribution in [3.05, 3.63) is 47.5 Å². The molecule has 2 rings (SSSR count). The molecular weight excluding hydrogens is 193 g/mol. The number of benzene rings is 1. The number of halogens is 1. The molecule has 0 spiro atoms. The predicted molar refractivity (Wildman–Crippen MR) is 56.2 cm³/mol.